The molecule has 0 saturated carbocycles. The van der Waals surface area contributed by atoms with Crippen molar-refractivity contribution in [2.75, 3.05) is 36.2 Å². The van der Waals surface area contributed by atoms with Crippen LogP contribution in [-0.4, -0.2) is 49.9 Å². The van der Waals surface area contributed by atoms with Crippen LogP contribution in [0.5, 0.6) is 5.75 Å². The van der Waals surface area contributed by atoms with Gasteiger partial charge in [0, 0.05) is 52.4 Å². The van der Waals surface area contributed by atoms with Gasteiger partial charge in [0.05, 0.1) is 19.2 Å². The Balaban J connectivity index is 1.55. The normalized spacial score (nSPS) is 17.5. The fraction of sp³-hybridized carbons (Fsp3) is 0.385. The highest BCUT2D eigenvalue weighted by Gasteiger charge is 2.24. The van der Waals surface area contributed by atoms with E-state index in [0.29, 0.717) is 12.6 Å². The lowest BCUT2D eigenvalue weighted by molar-refractivity contribution is 0.408. The third-order valence-electron chi connectivity index (χ3n) is 6.49. The quantitative estimate of drug-likeness (QED) is 0.290. The number of methoxy groups -OCH3 is 1. The molecule has 9 heteroatoms. The molecule has 1 fully saturated rings. The first-order chi connectivity index (χ1) is 17.1. The molecule has 0 atom stereocenters. The molecule has 2 aromatic heterocycles. The van der Waals surface area contributed by atoms with Crippen molar-refractivity contribution in [1.82, 2.24) is 19.9 Å². The van der Waals surface area contributed by atoms with Crippen molar-refractivity contribution < 1.29 is 8.95 Å². The Morgan fingerprint density at radius 3 is 2.80 bits per heavy atom. The largest absolute Gasteiger partial charge is 0.496 e. The minimum absolute atomic E-state index is 0.266. The monoisotopic (exact) mass is 492 g/mol. The number of nitrogens with two attached hydrogens (primary N) is 1. The minimum Gasteiger partial charge on any atom is -0.496 e. The lowest BCUT2D eigenvalue weighted by Crippen LogP contribution is -2.47. The van der Waals surface area contributed by atoms with E-state index in [1.54, 1.807) is 7.11 Å². The molecule has 2 aromatic carbocycles. The first-order valence-electron chi connectivity index (χ1n) is 12.1. The van der Waals surface area contributed by atoms with Crippen LogP contribution in [0.4, 0.5) is 11.8 Å². The van der Waals surface area contributed by atoms with E-state index in [4.69, 9.17) is 10.5 Å². The maximum absolute atomic E-state index is 11.4. The number of anilines is 2. The smallest absolute Gasteiger partial charge is 0.222 e. The van der Waals surface area contributed by atoms with E-state index in [0.717, 1.165) is 76.5 Å². The van der Waals surface area contributed by atoms with E-state index in [1.807, 2.05) is 18.2 Å². The van der Waals surface area contributed by atoms with Gasteiger partial charge in [-0.15, -0.1) is 0 Å². The van der Waals surface area contributed by atoms with Crippen LogP contribution in [0.2, 0.25) is 0 Å². The first-order valence-corrected chi connectivity index (χ1v) is 13.6. The van der Waals surface area contributed by atoms with Gasteiger partial charge in [0.25, 0.3) is 0 Å². The zero-order valence-electron chi connectivity index (χ0n) is 20.2. The number of nitrogen functional groups attached to an aromatic ring is 1. The second-order valence-electron chi connectivity index (χ2n) is 9.01. The van der Waals surface area contributed by atoms with Crippen molar-refractivity contribution in [3.63, 3.8) is 0 Å². The Bertz CT molecular complexity index is 1380. The Morgan fingerprint density at radius 1 is 1.20 bits per heavy atom. The Kier molecular flexibility index (Phi) is 6.88. The number of nitrogens with zero attached hydrogens (tertiary/aromatic N) is 3. The summed E-state index contributed by atoms with van der Waals surface area (Å²) in [7, 11) is 1.04. The summed E-state index contributed by atoms with van der Waals surface area (Å²) in [6.45, 7) is 4.32. The summed E-state index contributed by atoms with van der Waals surface area (Å²) >= 11 is 0. The fourth-order valence-electron chi connectivity index (χ4n) is 4.63. The molecule has 35 heavy (non-hydrogen) atoms. The number of hydrogen-bond donors (Lipinski definition) is 3. The van der Waals surface area contributed by atoms with Gasteiger partial charge < -0.3 is 25.7 Å². The topological polar surface area (TPSA) is 107 Å². The van der Waals surface area contributed by atoms with Crippen molar-refractivity contribution in [3.05, 3.63) is 53.6 Å². The number of ether oxygens (including phenoxy) is 1. The molecule has 1 aliphatic heterocycles. The highest BCUT2D eigenvalue weighted by Crippen LogP contribution is 2.34. The number of fused-ring (bicyclic) bond motifs is 3. The molecule has 1 aliphatic rings. The zero-order chi connectivity index (χ0) is 24.4. The second-order valence-corrected chi connectivity index (χ2v) is 10.6. The van der Waals surface area contributed by atoms with E-state index >= 15 is 0 Å². The number of hydrogen-bond acceptors (Lipinski definition) is 7. The molecule has 3 heterocycles. The molecule has 0 spiro atoms. The molecular weight excluding hydrogens is 460 g/mol. The van der Waals surface area contributed by atoms with Gasteiger partial charge in [-0.05, 0) is 30.2 Å². The summed E-state index contributed by atoms with van der Waals surface area (Å²) in [6, 6.07) is 14.9. The van der Waals surface area contributed by atoms with Crippen LogP contribution >= 0.6 is 0 Å². The fourth-order valence-corrected chi connectivity index (χ4v) is 5.67. The summed E-state index contributed by atoms with van der Waals surface area (Å²) in [5, 5.41) is 8.04. The average molecular weight is 493 g/mol. The second kappa shape index (κ2) is 10.2. The summed E-state index contributed by atoms with van der Waals surface area (Å²) in [6.07, 6.45) is 2.14. The Hall–Kier alpha value is -3.17. The van der Waals surface area contributed by atoms with Crippen molar-refractivity contribution in [2.24, 2.45) is 0 Å². The molecule has 4 N–H and O–H groups in total. The number of para-hydroxylation sites is 1. The summed E-state index contributed by atoms with van der Waals surface area (Å²) < 4.78 is 19.4. The van der Waals surface area contributed by atoms with Gasteiger partial charge in [0.15, 0.2) is 5.82 Å². The zero-order valence-corrected chi connectivity index (χ0v) is 21.0. The standard InChI is InChI=1S/C26H32N6O2S/c1-3-4-11-28-25-24-23(30-26(27)31-25)20-7-5-6-8-21(20)32(24)14-18-12-17(9-10-22(18)34-2)13-29-19-15-35(33)16-19/h5-10,12,19,29H,3-4,11,13-16H2,1-2H3,(H3,27,28,30,31). The summed E-state index contributed by atoms with van der Waals surface area (Å²) in [5.74, 6) is 3.33. The van der Waals surface area contributed by atoms with Crippen LogP contribution in [0.25, 0.3) is 21.9 Å². The number of benzene rings is 2. The molecule has 5 rings (SSSR count). The van der Waals surface area contributed by atoms with Crippen molar-refractivity contribution >= 4 is 44.5 Å². The van der Waals surface area contributed by atoms with E-state index in [2.05, 4.69) is 56.4 Å². The molecule has 0 radical (unpaired) electrons. The Labute approximate surface area is 207 Å². The lowest BCUT2D eigenvalue weighted by Gasteiger charge is -2.26. The third kappa shape index (κ3) is 4.83. The predicted octanol–water partition coefficient (Wildman–Crippen LogP) is 3.66. The van der Waals surface area contributed by atoms with Crippen LogP contribution in [0.3, 0.4) is 0 Å². The molecule has 184 valence electrons. The van der Waals surface area contributed by atoms with Gasteiger partial charge in [0.2, 0.25) is 5.95 Å². The van der Waals surface area contributed by atoms with Crippen LogP contribution in [-0.2, 0) is 23.9 Å². The maximum Gasteiger partial charge on any atom is 0.222 e. The van der Waals surface area contributed by atoms with Crippen LogP contribution in [0.1, 0.15) is 30.9 Å². The molecule has 8 nitrogen and oxygen atoms in total. The SMILES string of the molecule is CCCCNc1nc(N)nc2c3ccccc3n(Cc3cc(CNC4CS(=O)C4)ccc3OC)c12. The van der Waals surface area contributed by atoms with Gasteiger partial charge in [-0.25, -0.2) is 4.98 Å². The molecule has 0 amide bonds. The van der Waals surface area contributed by atoms with E-state index in [9.17, 15) is 4.21 Å². The molecule has 1 saturated heterocycles. The van der Waals surface area contributed by atoms with Crippen LogP contribution in [0, 0.1) is 0 Å². The first kappa shape index (κ1) is 23.6. The number of rotatable bonds is 10. The average Bonchev–Trinajstić information content (AvgIpc) is 3.15. The van der Waals surface area contributed by atoms with Gasteiger partial charge in [-0.2, -0.15) is 4.98 Å². The maximum atomic E-state index is 11.4. The summed E-state index contributed by atoms with van der Waals surface area (Å²) in [4.78, 5) is 9.20. The van der Waals surface area contributed by atoms with E-state index < -0.39 is 10.8 Å². The molecule has 0 bridgehead atoms. The third-order valence-corrected chi connectivity index (χ3v) is 8.03. The van der Waals surface area contributed by atoms with E-state index in [1.165, 1.54) is 5.56 Å². The van der Waals surface area contributed by atoms with Crippen LogP contribution < -0.4 is 21.1 Å². The molecular formula is C26H32N6O2S. The minimum atomic E-state index is -0.658. The number of aromatic nitrogens is 3. The van der Waals surface area contributed by atoms with Gasteiger partial charge >= 0.3 is 0 Å². The highest BCUT2D eigenvalue weighted by atomic mass is 32.2. The number of unbranched alkanes of at least 4 members (excludes halogenated alkanes) is 1. The van der Waals surface area contributed by atoms with Gasteiger partial charge in [-0.3, -0.25) is 4.21 Å². The van der Waals surface area contributed by atoms with Crippen molar-refractivity contribution in [2.45, 2.75) is 38.9 Å². The molecule has 0 aliphatic carbocycles. The van der Waals surface area contributed by atoms with Gasteiger partial charge in [0.1, 0.15) is 16.8 Å². The summed E-state index contributed by atoms with van der Waals surface area (Å²) in [5.41, 5.74) is 11.2. The predicted molar refractivity (Wildman–Crippen MR) is 143 cm³/mol. The van der Waals surface area contributed by atoms with Crippen LogP contribution in [0.15, 0.2) is 42.5 Å². The molecule has 4 aromatic rings. The number of nitrogens with one attached hydrogen (secondary N) is 2. The van der Waals surface area contributed by atoms with Gasteiger partial charge in [-0.1, -0.05) is 37.6 Å². The van der Waals surface area contributed by atoms with E-state index in [-0.39, 0.29) is 5.95 Å². The lowest BCUT2D eigenvalue weighted by atomic mass is 10.1. The highest BCUT2D eigenvalue weighted by molar-refractivity contribution is 7.86. The Morgan fingerprint density at radius 2 is 2.03 bits per heavy atom. The van der Waals surface area contributed by atoms with Crippen molar-refractivity contribution in [1.29, 1.82) is 0 Å². The van der Waals surface area contributed by atoms with Crippen molar-refractivity contribution in [3.8, 4) is 5.75 Å². The molecule has 0 unspecified atom stereocenters.